The quantitative estimate of drug-likeness (QED) is 0.143. The highest BCUT2D eigenvalue weighted by atomic mass is 16.6. The molecule has 10 nitrogen and oxygen atoms in total. The lowest BCUT2D eigenvalue weighted by Gasteiger charge is -2.37. The lowest BCUT2D eigenvalue weighted by atomic mass is 9.71. The van der Waals surface area contributed by atoms with Crippen molar-refractivity contribution in [1.82, 2.24) is 5.32 Å². The summed E-state index contributed by atoms with van der Waals surface area (Å²) in [7, 11) is 3.15. The number of esters is 2. The fourth-order valence-electron chi connectivity index (χ4n) is 6.09. The third-order valence-electron chi connectivity index (χ3n) is 8.11. The largest absolute Gasteiger partial charge is 0.493 e. The number of hydrogen-bond acceptors (Lipinski definition) is 10. The number of ketones is 1. The van der Waals surface area contributed by atoms with Gasteiger partial charge >= 0.3 is 11.9 Å². The predicted molar refractivity (Wildman–Crippen MR) is 174 cm³/mol. The van der Waals surface area contributed by atoms with Crippen molar-refractivity contribution in [2.45, 2.75) is 45.4 Å². The molecular formula is C37H39NO9. The Hall–Kier alpha value is -5.25. The fraction of sp³-hybridized carbons (Fsp3) is 0.324. The molecule has 3 aromatic rings. The van der Waals surface area contributed by atoms with Crippen molar-refractivity contribution in [3.63, 3.8) is 0 Å². The standard InChI is InChI=1S/C37H39NO9/c1-6-44-33-21-25(13-15-31(33)47-23(3)39)35-34(37(41)46-17-16-45-27-10-8-7-9-11-27)22(2)38-28-18-26(19-29(40)36(28)35)24-12-14-30(42-4)32(20-24)43-5/h7-15,20-21,26,35,38H,6,16-19H2,1-5H3/t26-,35-/m1/s1. The second-order valence-corrected chi connectivity index (χ2v) is 11.2. The molecule has 0 spiro atoms. The van der Waals surface area contributed by atoms with E-state index in [1.807, 2.05) is 55.5 Å². The minimum Gasteiger partial charge on any atom is -0.493 e. The molecule has 2 atom stereocenters. The first-order valence-electron chi connectivity index (χ1n) is 15.5. The monoisotopic (exact) mass is 641 g/mol. The molecule has 1 N–H and O–H groups in total. The molecular weight excluding hydrogens is 602 g/mol. The summed E-state index contributed by atoms with van der Waals surface area (Å²) in [5, 5.41) is 3.37. The number of allylic oxidation sites excluding steroid dienone is 3. The molecule has 0 amide bonds. The van der Waals surface area contributed by atoms with Crippen LogP contribution in [0, 0.1) is 0 Å². The van der Waals surface area contributed by atoms with Gasteiger partial charge in [-0.15, -0.1) is 0 Å². The number of para-hydroxylation sites is 1. The van der Waals surface area contributed by atoms with E-state index in [9.17, 15) is 14.4 Å². The van der Waals surface area contributed by atoms with E-state index >= 15 is 0 Å². The summed E-state index contributed by atoms with van der Waals surface area (Å²) < 4.78 is 33.5. The number of Topliss-reactive ketones (excluding diaryl/α,β-unsaturated/α-hetero) is 1. The van der Waals surface area contributed by atoms with Crippen molar-refractivity contribution in [3.8, 4) is 28.7 Å². The lowest BCUT2D eigenvalue weighted by molar-refractivity contribution is -0.140. The van der Waals surface area contributed by atoms with Crippen LogP contribution in [-0.2, 0) is 19.1 Å². The Morgan fingerprint density at radius 2 is 1.53 bits per heavy atom. The topological polar surface area (TPSA) is 119 Å². The zero-order valence-electron chi connectivity index (χ0n) is 27.2. The normalized spacial score (nSPS) is 17.3. The number of benzene rings is 3. The average Bonchev–Trinajstić information content (AvgIpc) is 3.06. The van der Waals surface area contributed by atoms with E-state index in [4.69, 9.17) is 28.4 Å². The van der Waals surface area contributed by atoms with Gasteiger partial charge < -0.3 is 33.7 Å². The second kappa shape index (κ2) is 14.9. The minimum absolute atomic E-state index is 0.00798. The summed E-state index contributed by atoms with van der Waals surface area (Å²) in [6.07, 6.45) is 0.754. The van der Waals surface area contributed by atoms with Crippen LogP contribution in [-0.4, -0.2) is 51.8 Å². The minimum atomic E-state index is -0.752. The molecule has 0 aromatic heterocycles. The summed E-state index contributed by atoms with van der Waals surface area (Å²) in [6.45, 7) is 5.41. The Labute approximate surface area is 274 Å². The third kappa shape index (κ3) is 7.43. The van der Waals surface area contributed by atoms with Gasteiger partial charge in [-0.3, -0.25) is 9.59 Å². The lowest BCUT2D eigenvalue weighted by Crippen LogP contribution is -2.36. The van der Waals surface area contributed by atoms with Gasteiger partial charge in [0.05, 0.1) is 26.4 Å². The maximum Gasteiger partial charge on any atom is 0.336 e. The van der Waals surface area contributed by atoms with E-state index in [2.05, 4.69) is 5.32 Å². The Kier molecular flexibility index (Phi) is 10.5. The number of hydrogen-bond donors (Lipinski definition) is 1. The van der Waals surface area contributed by atoms with Crippen LogP contribution in [0.1, 0.15) is 56.6 Å². The molecule has 0 bridgehead atoms. The van der Waals surface area contributed by atoms with E-state index in [1.54, 1.807) is 39.3 Å². The Bertz CT molecular complexity index is 1710. The molecule has 0 fully saturated rings. The van der Waals surface area contributed by atoms with E-state index in [1.165, 1.54) is 6.92 Å². The van der Waals surface area contributed by atoms with Crippen LogP contribution in [0.15, 0.2) is 89.3 Å². The fourth-order valence-corrected chi connectivity index (χ4v) is 6.09. The van der Waals surface area contributed by atoms with Crippen molar-refractivity contribution in [2.75, 3.05) is 34.0 Å². The number of methoxy groups -OCH3 is 2. The number of carbonyl (C=O) groups excluding carboxylic acids is 3. The molecule has 10 heteroatoms. The molecule has 0 saturated heterocycles. The molecule has 1 heterocycles. The van der Waals surface area contributed by atoms with Gasteiger partial charge in [0, 0.05) is 36.2 Å². The zero-order chi connectivity index (χ0) is 33.5. The molecule has 246 valence electrons. The molecule has 0 unspecified atom stereocenters. The zero-order valence-corrected chi connectivity index (χ0v) is 27.2. The van der Waals surface area contributed by atoms with Crippen LogP contribution < -0.4 is 29.0 Å². The highest BCUT2D eigenvalue weighted by Gasteiger charge is 2.42. The predicted octanol–water partition coefficient (Wildman–Crippen LogP) is 6.01. The first-order chi connectivity index (χ1) is 22.7. The van der Waals surface area contributed by atoms with Crippen LogP contribution in [0.5, 0.6) is 28.7 Å². The van der Waals surface area contributed by atoms with Gasteiger partial charge in [0.15, 0.2) is 28.8 Å². The number of ether oxygens (including phenoxy) is 6. The highest BCUT2D eigenvalue weighted by Crippen LogP contribution is 2.47. The van der Waals surface area contributed by atoms with Crippen LogP contribution in [0.25, 0.3) is 0 Å². The molecule has 2 aliphatic rings. The number of dihydropyridines is 1. The first-order valence-corrected chi connectivity index (χ1v) is 15.5. The van der Waals surface area contributed by atoms with E-state index in [0.29, 0.717) is 58.4 Å². The molecule has 5 rings (SSSR count). The van der Waals surface area contributed by atoms with Crippen LogP contribution in [0.3, 0.4) is 0 Å². The SMILES string of the molecule is CCOc1cc([C@@H]2C(C(=O)OCCOc3ccccc3)=C(C)NC3=C2C(=O)C[C@H](c2ccc(OC)c(OC)c2)C3)ccc1OC(C)=O. The number of nitrogens with one attached hydrogen (secondary N) is 1. The van der Waals surface area contributed by atoms with E-state index in [-0.39, 0.29) is 37.1 Å². The van der Waals surface area contributed by atoms with Crippen molar-refractivity contribution >= 4 is 17.7 Å². The van der Waals surface area contributed by atoms with Crippen LogP contribution in [0.2, 0.25) is 0 Å². The maximum absolute atomic E-state index is 14.1. The van der Waals surface area contributed by atoms with Crippen molar-refractivity contribution < 1.29 is 42.8 Å². The van der Waals surface area contributed by atoms with Gasteiger partial charge in [-0.25, -0.2) is 4.79 Å². The third-order valence-corrected chi connectivity index (χ3v) is 8.11. The van der Waals surface area contributed by atoms with Crippen molar-refractivity contribution in [1.29, 1.82) is 0 Å². The Morgan fingerprint density at radius 1 is 0.830 bits per heavy atom. The van der Waals surface area contributed by atoms with Gasteiger partial charge in [0.1, 0.15) is 19.0 Å². The molecule has 47 heavy (non-hydrogen) atoms. The van der Waals surface area contributed by atoms with Gasteiger partial charge in [-0.1, -0.05) is 30.3 Å². The van der Waals surface area contributed by atoms with Gasteiger partial charge in [-0.05, 0) is 73.7 Å². The van der Waals surface area contributed by atoms with E-state index < -0.39 is 17.9 Å². The van der Waals surface area contributed by atoms with Crippen molar-refractivity contribution in [3.05, 3.63) is 100 Å². The maximum atomic E-state index is 14.1. The summed E-state index contributed by atoms with van der Waals surface area (Å²) in [4.78, 5) is 39.7. The smallest absolute Gasteiger partial charge is 0.336 e. The van der Waals surface area contributed by atoms with Gasteiger partial charge in [-0.2, -0.15) is 0 Å². The van der Waals surface area contributed by atoms with Crippen molar-refractivity contribution in [2.24, 2.45) is 0 Å². The molecule has 0 radical (unpaired) electrons. The number of rotatable bonds is 12. The molecule has 3 aromatic carbocycles. The van der Waals surface area contributed by atoms with E-state index in [0.717, 1.165) is 11.3 Å². The molecule has 1 aliphatic heterocycles. The summed E-state index contributed by atoms with van der Waals surface area (Å²) in [6, 6.07) is 20.0. The molecule has 1 aliphatic carbocycles. The highest BCUT2D eigenvalue weighted by molar-refractivity contribution is 6.04. The van der Waals surface area contributed by atoms with Gasteiger partial charge in [0.25, 0.3) is 0 Å². The Morgan fingerprint density at radius 3 is 2.23 bits per heavy atom. The average molecular weight is 642 g/mol. The first kappa shape index (κ1) is 33.1. The summed E-state index contributed by atoms with van der Waals surface area (Å²) in [5.41, 5.74) is 3.67. The number of carbonyl (C=O) groups is 3. The molecule has 0 saturated carbocycles. The second-order valence-electron chi connectivity index (χ2n) is 11.2. The van der Waals surface area contributed by atoms with Crippen LogP contribution >= 0.6 is 0 Å². The Balaban J connectivity index is 1.50. The van der Waals surface area contributed by atoms with Gasteiger partial charge in [0.2, 0.25) is 0 Å². The summed E-state index contributed by atoms with van der Waals surface area (Å²) >= 11 is 0. The summed E-state index contributed by atoms with van der Waals surface area (Å²) in [5.74, 6) is 0.385. The van der Waals surface area contributed by atoms with Crippen LogP contribution in [0.4, 0.5) is 0 Å².